The summed E-state index contributed by atoms with van der Waals surface area (Å²) in [5, 5.41) is 18.9. The fraction of sp³-hybridized carbons (Fsp3) is 0.111. The number of ether oxygens (including phenoxy) is 1. The summed E-state index contributed by atoms with van der Waals surface area (Å²) in [6.45, 7) is 0. The smallest absolute Gasteiger partial charge is 0.297 e. The van der Waals surface area contributed by atoms with Crippen LogP contribution in [-0.4, -0.2) is 28.3 Å². The number of nitrogens with zero attached hydrogens (tertiary/aromatic N) is 3. The van der Waals surface area contributed by atoms with E-state index in [1.165, 1.54) is 53.3 Å². The fourth-order valence-corrected chi connectivity index (χ4v) is 6.22. The molecule has 38 heavy (non-hydrogen) atoms. The van der Waals surface area contributed by atoms with Crippen molar-refractivity contribution in [2.75, 3.05) is 12.0 Å². The molecule has 11 heteroatoms. The van der Waals surface area contributed by atoms with Gasteiger partial charge in [-0.15, -0.1) is 10.2 Å². The lowest BCUT2D eigenvalue weighted by Crippen LogP contribution is -2.29. The molecule has 1 unspecified atom stereocenters. The van der Waals surface area contributed by atoms with E-state index in [-0.39, 0.29) is 38.9 Å². The number of carbonyl (C=O) groups is 1. The highest BCUT2D eigenvalue weighted by atomic mass is 32.2. The van der Waals surface area contributed by atoms with Gasteiger partial charge in [0, 0.05) is 5.75 Å². The van der Waals surface area contributed by atoms with Crippen molar-refractivity contribution in [3.05, 3.63) is 105 Å². The lowest BCUT2D eigenvalue weighted by atomic mass is 9.98. The summed E-state index contributed by atoms with van der Waals surface area (Å²) in [5.74, 6) is -0.598. The number of phenolic OH excluding ortho intramolecular Hbond substituents is 1. The van der Waals surface area contributed by atoms with E-state index in [1.807, 2.05) is 30.3 Å². The largest absolute Gasteiger partial charge is 0.504 e. The van der Waals surface area contributed by atoms with E-state index in [1.54, 1.807) is 6.07 Å². The molecule has 3 aromatic carbocycles. The molecular formula is C27H18FN3O5S2. The Labute approximate surface area is 223 Å². The van der Waals surface area contributed by atoms with Crippen LogP contribution in [0.3, 0.4) is 0 Å². The number of methoxy groups -OCH3 is 1. The number of fused-ring (bicyclic) bond motifs is 2. The number of carbonyl (C=O) groups excluding carboxylic acids is 1. The molecule has 6 rings (SSSR count). The van der Waals surface area contributed by atoms with Crippen LogP contribution in [0.4, 0.5) is 9.52 Å². The number of anilines is 1. The maximum atomic E-state index is 14.0. The van der Waals surface area contributed by atoms with Gasteiger partial charge in [0.2, 0.25) is 10.9 Å². The van der Waals surface area contributed by atoms with Crippen molar-refractivity contribution in [1.82, 2.24) is 10.2 Å². The molecule has 0 saturated heterocycles. The summed E-state index contributed by atoms with van der Waals surface area (Å²) in [5.41, 5.74) is 1.21. The summed E-state index contributed by atoms with van der Waals surface area (Å²) >= 11 is 2.69. The number of hydrogen-bond donors (Lipinski definition) is 1. The van der Waals surface area contributed by atoms with E-state index < -0.39 is 23.2 Å². The standard InChI is InChI=1S/C27H18FN3O5S2/c1-35-20-11-15(7-9-18(20)32)22-21-23(33)17-12-16(28)8-10-19(17)36-24(21)25(34)31(22)26-29-30-27(38-26)37-13-14-5-3-2-4-6-14/h2-12,22,32H,13H2,1H3. The number of aromatic hydroxyl groups is 1. The minimum absolute atomic E-state index is 0.0190. The van der Waals surface area contributed by atoms with Crippen LogP contribution in [0, 0.1) is 5.82 Å². The Hall–Kier alpha value is -4.22. The van der Waals surface area contributed by atoms with Gasteiger partial charge in [0.15, 0.2) is 21.3 Å². The highest BCUT2D eigenvalue weighted by Gasteiger charge is 2.45. The molecule has 5 aromatic rings. The van der Waals surface area contributed by atoms with Crippen LogP contribution in [0.15, 0.2) is 80.3 Å². The van der Waals surface area contributed by atoms with E-state index in [0.29, 0.717) is 15.7 Å². The molecule has 2 aromatic heterocycles. The third kappa shape index (κ3) is 4.09. The topological polar surface area (TPSA) is 106 Å². The normalized spacial score (nSPS) is 14.7. The molecule has 1 amide bonds. The molecular weight excluding hydrogens is 529 g/mol. The van der Waals surface area contributed by atoms with Crippen molar-refractivity contribution in [2.45, 2.75) is 16.1 Å². The zero-order valence-corrected chi connectivity index (χ0v) is 21.4. The minimum Gasteiger partial charge on any atom is -0.504 e. The van der Waals surface area contributed by atoms with Crippen LogP contribution < -0.4 is 15.1 Å². The summed E-state index contributed by atoms with van der Waals surface area (Å²) in [7, 11) is 1.40. The number of rotatable bonds is 6. The van der Waals surface area contributed by atoms with E-state index in [4.69, 9.17) is 9.15 Å². The lowest BCUT2D eigenvalue weighted by Gasteiger charge is -2.22. The van der Waals surface area contributed by atoms with Crippen LogP contribution in [0.5, 0.6) is 11.5 Å². The molecule has 1 N–H and O–H groups in total. The second kappa shape index (κ2) is 9.58. The monoisotopic (exact) mass is 547 g/mol. The predicted molar refractivity (Wildman–Crippen MR) is 142 cm³/mol. The van der Waals surface area contributed by atoms with Gasteiger partial charge >= 0.3 is 0 Å². The molecule has 1 atom stereocenters. The Morgan fingerprint density at radius 3 is 2.71 bits per heavy atom. The molecule has 1 aliphatic heterocycles. The first kappa shape index (κ1) is 24.1. The van der Waals surface area contributed by atoms with Gasteiger partial charge in [0.05, 0.1) is 24.1 Å². The number of aromatic nitrogens is 2. The van der Waals surface area contributed by atoms with Gasteiger partial charge in [-0.2, -0.15) is 0 Å². The molecule has 8 nitrogen and oxygen atoms in total. The van der Waals surface area contributed by atoms with Crippen LogP contribution in [-0.2, 0) is 5.75 Å². The average molecular weight is 548 g/mol. The van der Waals surface area contributed by atoms with Crippen molar-refractivity contribution in [2.24, 2.45) is 0 Å². The third-order valence-corrected chi connectivity index (χ3v) is 8.29. The quantitative estimate of drug-likeness (QED) is 0.218. The number of amides is 1. The number of phenols is 1. The van der Waals surface area contributed by atoms with Crippen molar-refractivity contribution in [3.8, 4) is 11.5 Å². The van der Waals surface area contributed by atoms with E-state index >= 15 is 0 Å². The molecule has 190 valence electrons. The van der Waals surface area contributed by atoms with E-state index in [0.717, 1.165) is 17.7 Å². The summed E-state index contributed by atoms with van der Waals surface area (Å²) in [4.78, 5) is 28.7. The van der Waals surface area contributed by atoms with Crippen molar-refractivity contribution in [1.29, 1.82) is 0 Å². The molecule has 0 saturated carbocycles. The number of thioether (sulfide) groups is 1. The maximum Gasteiger partial charge on any atom is 0.297 e. The average Bonchev–Trinajstić information content (AvgIpc) is 3.51. The second-order valence-corrected chi connectivity index (χ2v) is 10.6. The summed E-state index contributed by atoms with van der Waals surface area (Å²) < 4.78 is 25.8. The SMILES string of the molecule is COc1cc(C2c3c(oc4ccc(F)cc4c3=O)C(=O)N2c2nnc(SCc3ccccc3)s2)ccc1O. The summed E-state index contributed by atoms with van der Waals surface area (Å²) in [6, 6.07) is 17.0. The molecule has 0 fully saturated rings. The predicted octanol–water partition coefficient (Wildman–Crippen LogP) is 5.54. The number of benzene rings is 3. The van der Waals surface area contributed by atoms with Crippen LogP contribution >= 0.6 is 23.1 Å². The van der Waals surface area contributed by atoms with Crippen molar-refractivity contribution in [3.63, 3.8) is 0 Å². The molecule has 0 spiro atoms. The first-order valence-corrected chi connectivity index (χ1v) is 13.2. The first-order valence-electron chi connectivity index (χ1n) is 11.4. The third-order valence-electron chi connectivity index (χ3n) is 6.16. The van der Waals surface area contributed by atoms with Gasteiger partial charge in [0.25, 0.3) is 5.91 Å². The first-order chi connectivity index (χ1) is 18.4. The Bertz CT molecular complexity index is 1760. The van der Waals surface area contributed by atoms with Gasteiger partial charge in [-0.25, -0.2) is 4.39 Å². The second-order valence-electron chi connectivity index (χ2n) is 8.45. The Morgan fingerprint density at radius 1 is 1.11 bits per heavy atom. The van der Waals surface area contributed by atoms with E-state index in [9.17, 15) is 19.1 Å². The van der Waals surface area contributed by atoms with Crippen LogP contribution in [0.25, 0.3) is 11.0 Å². The zero-order chi connectivity index (χ0) is 26.4. The zero-order valence-electron chi connectivity index (χ0n) is 19.8. The van der Waals surface area contributed by atoms with Gasteiger partial charge in [-0.1, -0.05) is 59.5 Å². The van der Waals surface area contributed by atoms with Crippen molar-refractivity contribution < 1.29 is 23.4 Å². The van der Waals surface area contributed by atoms with Gasteiger partial charge in [-0.05, 0) is 41.5 Å². The van der Waals surface area contributed by atoms with Crippen molar-refractivity contribution >= 4 is 45.1 Å². The number of halogens is 1. The van der Waals surface area contributed by atoms with Crippen LogP contribution in [0.2, 0.25) is 0 Å². The Balaban J connectivity index is 1.47. The molecule has 3 heterocycles. The lowest BCUT2D eigenvalue weighted by molar-refractivity contribution is 0.0970. The van der Waals surface area contributed by atoms with Gasteiger partial charge in [0.1, 0.15) is 11.4 Å². The Morgan fingerprint density at radius 2 is 1.92 bits per heavy atom. The highest BCUT2D eigenvalue weighted by Crippen LogP contribution is 2.44. The van der Waals surface area contributed by atoms with E-state index in [2.05, 4.69) is 10.2 Å². The molecule has 0 radical (unpaired) electrons. The Kier molecular flexibility index (Phi) is 6.09. The number of hydrogen-bond acceptors (Lipinski definition) is 9. The molecule has 0 aliphatic carbocycles. The molecule has 1 aliphatic rings. The minimum atomic E-state index is -0.962. The maximum absolute atomic E-state index is 14.0. The van der Waals surface area contributed by atoms with Crippen LogP contribution in [0.1, 0.15) is 33.3 Å². The fourth-order valence-electron chi connectivity index (χ4n) is 4.40. The summed E-state index contributed by atoms with van der Waals surface area (Å²) in [6.07, 6.45) is 0. The van der Waals surface area contributed by atoms with Gasteiger partial charge < -0.3 is 14.3 Å². The highest BCUT2D eigenvalue weighted by molar-refractivity contribution is 8.00. The molecule has 0 bridgehead atoms. The van der Waals surface area contributed by atoms with Gasteiger partial charge in [-0.3, -0.25) is 14.5 Å².